The third kappa shape index (κ3) is 5.70. The molecular weight excluding hydrogens is 560 g/mol. The summed E-state index contributed by atoms with van der Waals surface area (Å²) in [5, 5.41) is 25.0. The van der Waals surface area contributed by atoms with Crippen molar-refractivity contribution in [2.75, 3.05) is 11.5 Å². The third-order valence-corrected chi connectivity index (χ3v) is 8.17. The molecule has 4 aromatic rings. The van der Waals surface area contributed by atoms with Crippen molar-refractivity contribution in [1.82, 2.24) is 0 Å². The molecule has 13 nitrogen and oxygen atoms in total. The van der Waals surface area contributed by atoms with Gasteiger partial charge in [-0.05, 0) is 42.5 Å². The Bertz CT molecular complexity index is 1890. The smallest absolute Gasteiger partial charge is 0.337 e. The minimum absolute atomic E-state index is 0.0163. The fourth-order valence-corrected chi connectivity index (χ4v) is 5.56. The number of benzene rings is 4. The molecule has 0 spiro atoms. The van der Waals surface area contributed by atoms with E-state index in [1.807, 2.05) is 0 Å². The van der Waals surface area contributed by atoms with Crippen LogP contribution >= 0.6 is 0 Å². The van der Waals surface area contributed by atoms with E-state index in [4.69, 9.17) is 11.5 Å². The highest BCUT2D eigenvalue weighted by molar-refractivity contribution is 7.91. The van der Waals surface area contributed by atoms with Gasteiger partial charge in [-0.15, -0.1) is 20.5 Å². The molecular formula is C25H20N6O7S2. The molecule has 6 N–H and O–H groups in total. The molecule has 15 heteroatoms. The van der Waals surface area contributed by atoms with Crippen LogP contribution in [0.15, 0.2) is 120 Å². The molecule has 0 amide bonds. The van der Waals surface area contributed by atoms with Crippen LogP contribution < -0.4 is 11.5 Å². The van der Waals surface area contributed by atoms with E-state index in [0.717, 1.165) is 6.07 Å². The fraction of sp³-hybridized carbons (Fsp3) is 0. The lowest BCUT2D eigenvalue weighted by Crippen LogP contribution is -2.05. The van der Waals surface area contributed by atoms with Crippen LogP contribution in [0.2, 0.25) is 0 Å². The van der Waals surface area contributed by atoms with E-state index < -0.39 is 42.2 Å². The van der Waals surface area contributed by atoms with Crippen LogP contribution in [-0.4, -0.2) is 32.5 Å². The van der Waals surface area contributed by atoms with Crippen LogP contribution in [0.4, 0.5) is 34.1 Å². The van der Waals surface area contributed by atoms with Crippen molar-refractivity contribution in [2.45, 2.75) is 14.7 Å². The van der Waals surface area contributed by atoms with Crippen molar-refractivity contribution in [2.24, 2.45) is 20.5 Å². The summed E-state index contributed by atoms with van der Waals surface area (Å²) < 4.78 is 60.2. The predicted molar refractivity (Wildman–Crippen MR) is 145 cm³/mol. The van der Waals surface area contributed by atoms with Crippen molar-refractivity contribution in [1.29, 1.82) is 0 Å². The van der Waals surface area contributed by atoms with Gasteiger partial charge in [0.2, 0.25) is 9.84 Å². The summed E-state index contributed by atoms with van der Waals surface area (Å²) >= 11 is 0. The average molecular weight is 581 g/mol. The van der Waals surface area contributed by atoms with E-state index in [1.54, 1.807) is 18.2 Å². The van der Waals surface area contributed by atoms with Gasteiger partial charge in [0.05, 0.1) is 26.7 Å². The van der Waals surface area contributed by atoms with Crippen molar-refractivity contribution in [3.05, 3.63) is 90.5 Å². The average Bonchev–Trinajstić information content (AvgIpc) is 2.92. The maximum absolute atomic E-state index is 13.2. The standard InChI is InChI=1S/C25H20N6O7S2/c26-22-19(30-29-18-12-6-7-13-20(18)39(34,35)15-8-2-1-3-9-15)14-21(40(36,37)38)23(27)24(22)31-28-17-11-5-4-10-16(17)25(32)33/h1-14H,26-27H2,(H,32,33)(H,36,37,38). The summed E-state index contributed by atoms with van der Waals surface area (Å²) in [4.78, 5) is 10.5. The number of nitrogens with two attached hydrogens (primary N) is 2. The van der Waals surface area contributed by atoms with Gasteiger partial charge in [-0.2, -0.15) is 8.42 Å². The molecule has 0 saturated carbocycles. The van der Waals surface area contributed by atoms with Gasteiger partial charge in [-0.25, -0.2) is 13.2 Å². The number of nitrogens with zero attached hydrogens (tertiary/aromatic N) is 4. The van der Waals surface area contributed by atoms with E-state index in [0.29, 0.717) is 0 Å². The lowest BCUT2D eigenvalue weighted by atomic mass is 10.2. The Morgan fingerprint density at radius 2 is 1.20 bits per heavy atom. The number of carboxylic acid groups (broad SMARTS) is 1. The van der Waals surface area contributed by atoms with Gasteiger partial charge >= 0.3 is 5.97 Å². The van der Waals surface area contributed by atoms with E-state index in [1.165, 1.54) is 60.7 Å². The number of nitrogen functional groups attached to an aromatic ring is 2. The lowest BCUT2D eigenvalue weighted by Gasteiger charge is -2.11. The molecule has 0 radical (unpaired) electrons. The fourth-order valence-electron chi connectivity index (χ4n) is 3.51. The number of azo groups is 2. The Balaban J connectivity index is 1.85. The summed E-state index contributed by atoms with van der Waals surface area (Å²) in [5.74, 6) is -1.29. The molecule has 0 aliphatic heterocycles. The maximum atomic E-state index is 13.2. The normalized spacial score (nSPS) is 12.2. The zero-order valence-electron chi connectivity index (χ0n) is 20.3. The van der Waals surface area contributed by atoms with Gasteiger partial charge in [0.15, 0.2) is 0 Å². The van der Waals surface area contributed by atoms with Crippen molar-refractivity contribution in [3.63, 3.8) is 0 Å². The van der Waals surface area contributed by atoms with Crippen molar-refractivity contribution >= 4 is 60.0 Å². The first-order valence-electron chi connectivity index (χ1n) is 11.2. The minimum Gasteiger partial charge on any atom is -0.478 e. The topological polar surface area (TPSA) is 227 Å². The number of carboxylic acids is 1. The lowest BCUT2D eigenvalue weighted by molar-refractivity contribution is 0.0697. The molecule has 0 aliphatic rings. The molecule has 4 rings (SSSR count). The summed E-state index contributed by atoms with van der Waals surface area (Å²) in [5.41, 5.74) is 9.99. The molecule has 0 bridgehead atoms. The molecule has 0 unspecified atom stereocenters. The van der Waals surface area contributed by atoms with Gasteiger partial charge in [0.1, 0.15) is 27.6 Å². The highest BCUT2D eigenvalue weighted by Gasteiger charge is 2.24. The second-order valence-electron chi connectivity index (χ2n) is 8.05. The quantitative estimate of drug-likeness (QED) is 0.118. The number of carbonyl (C=O) groups is 1. The van der Waals surface area contributed by atoms with Crippen LogP contribution in [0.3, 0.4) is 0 Å². The Hall–Kier alpha value is -4.99. The predicted octanol–water partition coefficient (Wildman–Crippen LogP) is 5.46. The van der Waals surface area contributed by atoms with Crippen LogP contribution in [0.1, 0.15) is 10.4 Å². The molecule has 40 heavy (non-hydrogen) atoms. The number of anilines is 2. The SMILES string of the molecule is Nc1c(N=Nc2ccccc2S(=O)(=O)c2ccccc2)cc(S(=O)(=O)O)c(N)c1N=Nc1ccccc1C(=O)O. The number of aromatic carboxylic acids is 1. The number of rotatable bonds is 8. The number of hydrogen-bond acceptors (Lipinski definition) is 11. The first kappa shape index (κ1) is 28.0. The Labute approximate surface area is 228 Å². The summed E-state index contributed by atoms with van der Waals surface area (Å²) in [6, 6.07) is 19.8. The van der Waals surface area contributed by atoms with Crippen molar-refractivity contribution < 1.29 is 31.3 Å². The Morgan fingerprint density at radius 3 is 1.85 bits per heavy atom. The summed E-state index contributed by atoms with van der Waals surface area (Å²) in [6.45, 7) is 0. The van der Waals surface area contributed by atoms with E-state index >= 15 is 0 Å². The van der Waals surface area contributed by atoms with Gasteiger partial charge in [0, 0.05) is 0 Å². The van der Waals surface area contributed by atoms with Gasteiger partial charge < -0.3 is 16.6 Å². The maximum Gasteiger partial charge on any atom is 0.337 e. The zero-order chi connectivity index (χ0) is 29.1. The minimum atomic E-state index is -4.92. The Morgan fingerprint density at radius 1 is 0.650 bits per heavy atom. The highest BCUT2D eigenvalue weighted by Crippen LogP contribution is 2.43. The van der Waals surface area contributed by atoms with Gasteiger partial charge in [-0.3, -0.25) is 4.55 Å². The molecule has 0 heterocycles. The second kappa shape index (κ2) is 11.0. The van der Waals surface area contributed by atoms with Crippen LogP contribution in [0.5, 0.6) is 0 Å². The van der Waals surface area contributed by atoms with Crippen molar-refractivity contribution in [3.8, 4) is 0 Å². The monoisotopic (exact) mass is 580 g/mol. The molecule has 4 aromatic carbocycles. The van der Waals surface area contributed by atoms with Crippen LogP contribution in [-0.2, 0) is 20.0 Å². The first-order chi connectivity index (χ1) is 18.9. The van der Waals surface area contributed by atoms with Crippen LogP contribution in [0, 0.1) is 0 Å². The van der Waals surface area contributed by atoms with Crippen LogP contribution in [0.25, 0.3) is 0 Å². The highest BCUT2D eigenvalue weighted by atomic mass is 32.2. The Kier molecular flexibility index (Phi) is 7.72. The first-order valence-corrected chi connectivity index (χ1v) is 14.1. The largest absolute Gasteiger partial charge is 0.478 e. The summed E-state index contributed by atoms with van der Waals surface area (Å²) in [6.07, 6.45) is 0. The zero-order valence-corrected chi connectivity index (χ0v) is 21.9. The molecule has 0 atom stereocenters. The van der Waals surface area contributed by atoms with Gasteiger partial charge in [0.25, 0.3) is 10.1 Å². The molecule has 0 aliphatic carbocycles. The number of hydrogen-bond donors (Lipinski definition) is 4. The number of sulfone groups is 1. The van der Waals surface area contributed by atoms with E-state index in [2.05, 4.69) is 20.5 Å². The van der Waals surface area contributed by atoms with E-state index in [-0.39, 0.29) is 38.1 Å². The molecule has 204 valence electrons. The van der Waals surface area contributed by atoms with Gasteiger partial charge in [-0.1, -0.05) is 42.5 Å². The summed E-state index contributed by atoms with van der Waals surface area (Å²) in [7, 11) is -8.93. The molecule has 0 fully saturated rings. The second-order valence-corrected chi connectivity index (χ2v) is 11.4. The molecule has 0 saturated heterocycles. The molecule has 0 aromatic heterocycles. The van der Waals surface area contributed by atoms with E-state index in [9.17, 15) is 31.3 Å². The third-order valence-electron chi connectivity index (χ3n) is 5.46.